The summed E-state index contributed by atoms with van der Waals surface area (Å²) in [5, 5.41) is 11.7. The van der Waals surface area contributed by atoms with Gasteiger partial charge < -0.3 is 20.1 Å². The highest BCUT2D eigenvalue weighted by Crippen LogP contribution is 2.17. The number of rotatable bonds is 5. The lowest BCUT2D eigenvalue weighted by Crippen LogP contribution is -2.43. The number of amides is 2. The zero-order chi connectivity index (χ0) is 13.8. The van der Waals surface area contributed by atoms with Gasteiger partial charge in [-0.3, -0.25) is 4.79 Å². The molecule has 1 aliphatic rings. The van der Waals surface area contributed by atoms with Crippen LogP contribution >= 0.6 is 0 Å². The normalized spacial score (nSPS) is 19.9. The molecule has 1 atom stereocenters. The highest BCUT2D eigenvalue weighted by atomic mass is 16.5. The Kier molecular flexibility index (Phi) is 4.95. The first-order valence-electron chi connectivity index (χ1n) is 6.10. The second-order valence-corrected chi connectivity index (χ2v) is 5.53. The van der Waals surface area contributed by atoms with Gasteiger partial charge in [-0.05, 0) is 6.42 Å². The molecule has 104 valence electrons. The summed E-state index contributed by atoms with van der Waals surface area (Å²) >= 11 is 0. The summed E-state index contributed by atoms with van der Waals surface area (Å²) in [4.78, 5) is 24.2. The highest BCUT2D eigenvalue weighted by molar-refractivity contribution is 5.77. The van der Waals surface area contributed by atoms with Gasteiger partial charge in [0.25, 0.3) is 0 Å². The summed E-state index contributed by atoms with van der Waals surface area (Å²) < 4.78 is 5.07. The van der Waals surface area contributed by atoms with Crippen LogP contribution in [0, 0.1) is 11.3 Å². The zero-order valence-electron chi connectivity index (χ0n) is 11.2. The van der Waals surface area contributed by atoms with E-state index < -0.39 is 11.9 Å². The van der Waals surface area contributed by atoms with Gasteiger partial charge in [-0.2, -0.15) is 0 Å². The van der Waals surface area contributed by atoms with Crippen LogP contribution in [0.2, 0.25) is 0 Å². The van der Waals surface area contributed by atoms with Crippen LogP contribution in [-0.4, -0.2) is 55.4 Å². The highest BCUT2D eigenvalue weighted by Gasteiger charge is 2.31. The number of methoxy groups -OCH3 is 1. The minimum atomic E-state index is -0.829. The predicted octanol–water partition coefficient (Wildman–Crippen LogP) is 0.775. The van der Waals surface area contributed by atoms with Gasteiger partial charge >= 0.3 is 12.0 Å². The van der Waals surface area contributed by atoms with Gasteiger partial charge in [-0.15, -0.1) is 0 Å². The number of likely N-dealkylation sites (tertiary alicyclic amines) is 1. The lowest BCUT2D eigenvalue weighted by atomic mass is 9.95. The van der Waals surface area contributed by atoms with Crippen LogP contribution in [0.5, 0.6) is 0 Å². The molecule has 1 heterocycles. The summed E-state index contributed by atoms with van der Waals surface area (Å²) in [6.45, 7) is 5.87. The number of carboxylic acid groups (broad SMARTS) is 1. The molecule has 0 aromatic carbocycles. The van der Waals surface area contributed by atoms with Crippen molar-refractivity contribution < 1.29 is 19.4 Å². The lowest BCUT2D eigenvalue weighted by Gasteiger charge is -2.25. The number of ether oxygens (including phenoxy) is 1. The van der Waals surface area contributed by atoms with E-state index in [-0.39, 0.29) is 11.4 Å². The van der Waals surface area contributed by atoms with E-state index >= 15 is 0 Å². The summed E-state index contributed by atoms with van der Waals surface area (Å²) in [5.74, 6) is -1.26. The van der Waals surface area contributed by atoms with E-state index in [1.54, 1.807) is 12.0 Å². The van der Waals surface area contributed by atoms with Crippen LogP contribution in [0.3, 0.4) is 0 Å². The van der Waals surface area contributed by atoms with Crippen LogP contribution in [0.1, 0.15) is 20.3 Å². The van der Waals surface area contributed by atoms with Crippen molar-refractivity contribution in [2.24, 2.45) is 11.3 Å². The number of nitrogens with one attached hydrogen (secondary N) is 1. The Morgan fingerprint density at radius 1 is 1.50 bits per heavy atom. The number of carboxylic acids is 1. The van der Waals surface area contributed by atoms with Crippen molar-refractivity contribution >= 4 is 12.0 Å². The fraction of sp³-hybridized carbons (Fsp3) is 0.833. The molecule has 6 nitrogen and oxygen atoms in total. The molecule has 18 heavy (non-hydrogen) atoms. The Bertz CT molecular complexity index is 317. The molecule has 0 radical (unpaired) electrons. The number of hydrogen-bond donors (Lipinski definition) is 2. The quantitative estimate of drug-likeness (QED) is 0.763. The van der Waals surface area contributed by atoms with E-state index in [0.717, 1.165) is 0 Å². The van der Waals surface area contributed by atoms with Gasteiger partial charge in [0.15, 0.2) is 0 Å². The van der Waals surface area contributed by atoms with E-state index in [9.17, 15) is 9.59 Å². The number of aliphatic carboxylic acids is 1. The van der Waals surface area contributed by atoms with Gasteiger partial charge in [0.2, 0.25) is 0 Å². The van der Waals surface area contributed by atoms with Gasteiger partial charge in [-0.25, -0.2) is 4.79 Å². The second kappa shape index (κ2) is 6.04. The second-order valence-electron chi connectivity index (χ2n) is 5.53. The minimum Gasteiger partial charge on any atom is -0.481 e. The topological polar surface area (TPSA) is 78.9 Å². The van der Waals surface area contributed by atoms with Crippen molar-refractivity contribution in [2.45, 2.75) is 20.3 Å². The van der Waals surface area contributed by atoms with Crippen molar-refractivity contribution in [3.05, 3.63) is 0 Å². The third-order valence-electron chi connectivity index (χ3n) is 3.08. The number of carbonyl (C=O) groups excluding carboxylic acids is 1. The van der Waals surface area contributed by atoms with Crippen molar-refractivity contribution in [1.29, 1.82) is 0 Å². The maximum Gasteiger partial charge on any atom is 0.317 e. The number of urea groups is 1. The lowest BCUT2D eigenvalue weighted by molar-refractivity contribution is -0.141. The molecule has 1 aliphatic heterocycles. The molecule has 0 aromatic rings. The van der Waals surface area contributed by atoms with Gasteiger partial charge in [0.1, 0.15) is 0 Å². The Labute approximate surface area is 107 Å². The average molecular weight is 258 g/mol. The molecule has 1 saturated heterocycles. The van der Waals surface area contributed by atoms with E-state index in [1.165, 1.54) is 0 Å². The van der Waals surface area contributed by atoms with Crippen LogP contribution in [0.4, 0.5) is 4.79 Å². The molecular weight excluding hydrogens is 236 g/mol. The molecule has 1 unspecified atom stereocenters. The third kappa shape index (κ3) is 4.18. The Balaban J connectivity index is 2.36. The first-order valence-corrected chi connectivity index (χ1v) is 6.10. The molecule has 0 bridgehead atoms. The van der Waals surface area contributed by atoms with Gasteiger partial charge in [-0.1, -0.05) is 13.8 Å². The standard InChI is InChI=1S/C12H22N2O4/c1-12(2,8-18-3)7-13-11(17)14-5-4-9(6-14)10(15)16/h9H,4-8H2,1-3H3,(H,13,17)(H,15,16). The number of hydrogen-bond acceptors (Lipinski definition) is 3. The molecule has 1 rings (SSSR count). The first kappa shape index (κ1) is 14.8. The monoisotopic (exact) mass is 258 g/mol. The SMILES string of the molecule is COCC(C)(C)CNC(=O)N1CCC(C(=O)O)C1. The van der Waals surface area contributed by atoms with Crippen molar-refractivity contribution in [3.8, 4) is 0 Å². The fourth-order valence-corrected chi connectivity index (χ4v) is 2.01. The molecule has 6 heteroatoms. The van der Waals surface area contributed by atoms with Gasteiger partial charge in [0.05, 0.1) is 12.5 Å². The Hall–Kier alpha value is -1.30. The van der Waals surface area contributed by atoms with Crippen LogP contribution in [-0.2, 0) is 9.53 Å². The summed E-state index contributed by atoms with van der Waals surface area (Å²) in [6, 6.07) is -0.192. The Morgan fingerprint density at radius 2 is 2.17 bits per heavy atom. The number of nitrogens with zero attached hydrogens (tertiary/aromatic N) is 1. The molecule has 2 amide bonds. The predicted molar refractivity (Wildman–Crippen MR) is 66.4 cm³/mol. The van der Waals surface area contributed by atoms with Crippen molar-refractivity contribution in [3.63, 3.8) is 0 Å². The van der Waals surface area contributed by atoms with E-state index in [0.29, 0.717) is 32.7 Å². The largest absolute Gasteiger partial charge is 0.481 e. The Morgan fingerprint density at radius 3 is 2.67 bits per heavy atom. The molecule has 0 saturated carbocycles. The van der Waals surface area contributed by atoms with Crippen LogP contribution in [0.15, 0.2) is 0 Å². The van der Waals surface area contributed by atoms with Crippen molar-refractivity contribution in [2.75, 3.05) is 33.4 Å². The smallest absolute Gasteiger partial charge is 0.317 e. The van der Waals surface area contributed by atoms with E-state index in [2.05, 4.69) is 5.32 Å². The van der Waals surface area contributed by atoms with E-state index in [1.807, 2.05) is 13.8 Å². The molecule has 0 aromatic heterocycles. The first-order chi connectivity index (χ1) is 8.35. The molecule has 0 spiro atoms. The molecule has 1 fully saturated rings. The average Bonchev–Trinajstić information content (AvgIpc) is 2.75. The third-order valence-corrected chi connectivity index (χ3v) is 3.08. The molecular formula is C12H22N2O4. The number of carbonyl (C=O) groups is 2. The van der Waals surface area contributed by atoms with Gasteiger partial charge in [0, 0.05) is 32.2 Å². The fourth-order valence-electron chi connectivity index (χ4n) is 2.01. The summed E-state index contributed by atoms with van der Waals surface area (Å²) in [7, 11) is 1.63. The maximum absolute atomic E-state index is 11.8. The van der Waals surface area contributed by atoms with Crippen LogP contribution in [0.25, 0.3) is 0 Å². The zero-order valence-corrected chi connectivity index (χ0v) is 11.2. The maximum atomic E-state index is 11.8. The summed E-state index contributed by atoms with van der Waals surface area (Å²) in [6.07, 6.45) is 0.532. The summed E-state index contributed by atoms with van der Waals surface area (Å²) in [5.41, 5.74) is -0.129. The molecule has 0 aliphatic carbocycles. The minimum absolute atomic E-state index is 0.129. The van der Waals surface area contributed by atoms with E-state index in [4.69, 9.17) is 9.84 Å². The van der Waals surface area contributed by atoms with Crippen LogP contribution < -0.4 is 5.32 Å². The van der Waals surface area contributed by atoms with Crippen molar-refractivity contribution in [1.82, 2.24) is 10.2 Å². The molecule has 2 N–H and O–H groups in total.